The molecule has 0 spiro atoms. The van der Waals surface area contributed by atoms with Crippen LogP contribution >= 0.6 is 0 Å². The molecule has 0 aromatic heterocycles. The van der Waals surface area contributed by atoms with Gasteiger partial charge in [-0.1, -0.05) is 12.1 Å². The Balaban J connectivity index is 1.86. The number of carboxylic acid groups (broad SMARTS) is 1. The number of carbonyl (C=O) groups excluding carboxylic acids is 1. The van der Waals surface area contributed by atoms with Crippen molar-refractivity contribution in [2.24, 2.45) is 0 Å². The fourth-order valence-corrected chi connectivity index (χ4v) is 1.66. The monoisotopic (exact) mass is 248 g/mol. The van der Waals surface area contributed by atoms with Gasteiger partial charge in [0.05, 0.1) is 13.0 Å². The van der Waals surface area contributed by atoms with Crippen LogP contribution in [0, 0.1) is 0 Å². The van der Waals surface area contributed by atoms with E-state index in [4.69, 9.17) is 5.11 Å². The van der Waals surface area contributed by atoms with Gasteiger partial charge in [0.15, 0.2) is 0 Å². The van der Waals surface area contributed by atoms with E-state index in [0.29, 0.717) is 23.8 Å². The zero-order valence-electron chi connectivity index (χ0n) is 9.98. The number of rotatable bonds is 6. The van der Waals surface area contributed by atoms with Gasteiger partial charge in [0.1, 0.15) is 0 Å². The molecule has 0 saturated heterocycles. The molecule has 0 heterocycles. The number of hydrogen-bond donors (Lipinski definition) is 3. The molecule has 3 N–H and O–H groups in total. The first kappa shape index (κ1) is 12.6. The van der Waals surface area contributed by atoms with Crippen molar-refractivity contribution in [2.45, 2.75) is 25.3 Å². The maximum Gasteiger partial charge on any atom is 0.307 e. The molecule has 18 heavy (non-hydrogen) atoms. The number of aliphatic carboxylic acids is 1. The largest absolute Gasteiger partial charge is 0.481 e. The van der Waals surface area contributed by atoms with Gasteiger partial charge in [0.2, 0.25) is 5.91 Å². The van der Waals surface area contributed by atoms with E-state index in [-0.39, 0.29) is 12.3 Å². The van der Waals surface area contributed by atoms with Crippen molar-refractivity contribution in [3.05, 3.63) is 29.8 Å². The summed E-state index contributed by atoms with van der Waals surface area (Å²) in [5.41, 5.74) is 1.31. The molecule has 1 aliphatic rings. The third kappa shape index (κ3) is 4.18. The lowest BCUT2D eigenvalue weighted by Crippen LogP contribution is -2.29. The van der Waals surface area contributed by atoms with E-state index in [2.05, 4.69) is 10.6 Å². The lowest BCUT2D eigenvalue weighted by atomic mass is 10.1. The molecule has 0 unspecified atom stereocenters. The van der Waals surface area contributed by atoms with Crippen molar-refractivity contribution in [2.75, 3.05) is 11.9 Å². The summed E-state index contributed by atoms with van der Waals surface area (Å²) in [5, 5.41) is 14.6. The molecule has 1 fully saturated rings. The standard InChI is InChI=1S/C13H16N2O3/c16-12(8-14-10-4-5-10)15-11-3-1-2-9(6-11)7-13(17)18/h1-3,6,10,14H,4-5,7-8H2,(H,15,16)(H,17,18). The van der Waals surface area contributed by atoms with Gasteiger partial charge in [0, 0.05) is 11.7 Å². The molecule has 1 saturated carbocycles. The van der Waals surface area contributed by atoms with Gasteiger partial charge >= 0.3 is 5.97 Å². The Morgan fingerprint density at radius 2 is 2.11 bits per heavy atom. The highest BCUT2D eigenvalue weighted by Gasteiger charge is 2.21. The third-order valence-corrected chi connectivity index (χ3v) is 2.69. The quantitative estimate of drug-likeness (QED) is 0.702. The summed E-state index contributed by atoms with van der Waals surface area (Å²) in [6, 6.07) is 7.40. The fraction of sp³-hybridized carbons (Fsp3) is 0.385. The average molecular weight is 248 g/mol. The Hall–Kier alpha value is -1.88. The molecule has 0 aliphatic heterocycles. The number of hydrogen-bond acceptors (Lipinski definition) is 3. The predicted octanol–water partition coefficient (Wildman–Crippen LogP) is 1.00. The number of benzene rings is 1. The van der Waals surface area contributed by atoms with Gasteiger partial charge in [-0.3, -0.25) is 9.59 Å². The van der Waals surface area contributed by atoms with Crippen LogP contribution in [0.25, 0.3) is 0 Å². The number of carbonyl (C=O) groups is 2. The van der Waals surface area contributed by atoms with E-state index < -0.39 is 5.97 Å². The molecular formula is C13H16N2O3. The zero-order valence-corrected chi connectivity index (χ0v) is 9.98. The molecule has 0 bridgehead atoms. The van der Waals surface area contributed by atoms with E-state index in [1.807, 2.05) is 0 Å². The van der Waals surface area contributed by atoms with Gasteiger partial charge in [0.25, 0.3) is 0 Å². The lowest BCUT2D eigenvalue weighted by Gasteiger charge is -2.07. The van der Waals surface area contributed by atoms with Crippen molar-refractivity contribution >= 4 is 17.6 Å². The van der Waals surface area contributed by atoms with Crippen LogP contribution in [0.15, 0.2) is 24.3 Å². The van der Waals surface area contributed by atoms with E-state index in [0.717, 1.165) is 12.8 Å². The number of nitrogens with one attached hydrogen (secondary N) is 2. The second-order valence-electron chi connectivity index (χ2n) is 4.47. The minimum atomic E-state index is -0.881. The predicted molar refractivity (Wildman–Crippen MR) is 67.4 cm³/mol. The first-order valence-corrected chi connectivity index (χ1v) is 5.97. The first-order valence-electron chi connectivity index (χ1n) is 5.97. The van der Waals surface area contributed by atoms with Crippen molar-refractivity contribution in [3.8, 4) is 0 Å². The summed E-state index contributed by atoms with van der Waals surface area (Å²) < 4.78 is 0. The highest BCUT2D eigenvalue weighted by atomic mass is 16.4. The summed E-state index contributed by atoms with van der Waals surface area (Å²) in [6.07, 6.45) is 2.24. The number of amides is 1. The molecule has 2 rings (SSSR count). The van der Waals surface area contributed by atoms with Crippen LogP contribution in [0.2, 0.25) is 0 Å². The molecule has 5 heteroatoms. The Bertz CT molecular complexity index is 455. The molecule has 0 atom stereocenters. The maximum atomic E-state index is 11.6. The van der Waals surface area contributed by atoms with Crippen LogP contribution in [-0.4, -0.2) is 29.6 Å². The zero-order chi connectivity index (χ0) is 13.0. The SMILES string of the molecule is O=C(O)Cc1cccc(NC(=O)CNC2CC2)c1. The highest BCUT2D eigenvalue weighted by Crippen LogP contribution is 2.18. The van der Waals surface area contributed by atoms with E-state index in [1.54, 1.807) is 24.3 Å². The average Bonchev–Trinajstić information content (AvgIpc) is 3.09. The summed E-state index contributed by atoms with van der Waals surface area (Å²) in [6.45, 7) is 0.299. The van der Waals surface area contributed by atoms with Crippen LogP contribution in [0.4, 0.5) is 5.69 Å². The third-order valence-electron chi connectivity index (χ3n) is 2.69. The van der Waals surface area contributed by atoms with E-state index in [9.17, 15) is 9.59 Å². The van der Waals surface area contributed by atoms with Gasteiger partial charge < -0.3 is 15.7 Å². The van der Waals surface area contributed by atoms with Crippen LogP contribution in [0.5, 0.6) is 0 Å². The molecule has 0 radical (unpaired) electrons. The first-order chi connectivity index (χ1) is 8.63. The van der Waals surface area contributed by atoms with Crippen LogP contribution < -0.4 is 10.6 Å². The number of anilines is 1. The normalized spacial score (nSPS) is 14.2. The number of carboxylic acids is 1. The van der Waals surface area contributed by atoms with Gasteiger partial charge in [-0.15, -0.1) is 0 Å². The van der Waals surface area contributed by atoms with Gasteiger partial charge in [-0.2, -0.15) is 0 Å². The molecule has 5 nitrogen and oxygen atoms in total. The lowest BCUT2D eigenvalue weighted by molar-refractivity contribution is -0.136. The molecule has 1 amide bonds. The summed E-state index contributed by atoms with van der Waals surface area (Å²) >= 11 is 0. The Morgan fingerprint density at radius 1 is 1.33 bits per heavy atom. The van der Waals surface area contributed by atoms with E-state index in [1.165, 1.54) is 0 Å². The fourth-order valence-electron chi connectivity index (χ4n) is 1.66. The second-order valence-corrected chi connectivity index (χ2v) is 4.47. The van der Waals surface area contributed by atoms with Crippen molar-refractivity contribution in [3.63, 3.8) is 0 Å². The van der Waals surface area contributed by atoms with Crippen LogP contribution in [0.3, 0.4) is 0 Å². The summed E-state index contributed by atoms with van der Waals surface area (Å²) in [5.74, 6) is -0.983. The van der Waals surface area contributed by atoms with Crippen LogP contribution in [0.1, 0.15) is 18.4 Å². The van der Waals surface area contributed by atoms with Crippen molar-refractivity contribution < 1.29 is 14.7 Å². The Kier molecular flexibility index (Phi) is 3.94. The summed E-state index contributed by atoms with van der Waals surface area (Å²) in [4.78, 5) is 22.2. The molecule has 1 aromatic carbocycles. The molecule has 1 aliphatic carbocycles. The second kappa shape index (κ2) is 5.64. The van der Waals surface area contributed by atoms with E-state index >= 15 is 0 Å². The van der Waals surface area contributed by atoms with Gasteiger partial charge in [-0.05, 0) is 30.5 Å². The Labute approximate surface area is 105 Å². The van der Waals surface area contributed by atoms with Gasteiger partial charge in [-0.25, -0.2) is 0 Å². The van der Waals surface area contributed by atoms with Crippen molar-refractivity contribution in [1.82, 2.24) is 5.32 Å². The molecule has 1 aromatic rings. The Morgan fingerprint density at radius 3 is 2.78 bits per heavy atom. The summed E-state index contributed by atoms with van der Waals surface area (Å²) in [7, 11) is 0. The minimum absolute atomic E-state index is 0.0377. The smallest absolute Gasteiger partial charge is 0.307 e. The van der Waals surface area contributed by atoms with Crippen molar-refractivity contribution in [1.29, 1.82) is 0 Å². The molecule has 96 valence electrons. The highest BCUT2D eigenvalue weighted by molar-refractivity contribution is 5.92. The topological polar surface area (TPSA) is 78.4 Å². The van der Waals surface area contributed by atoms with Crippen LogP contribution in [-0.2, 0) is 16.0 Å². The maximum absolute atomic E-state index is 11.6. The molecular weight excluding hydrogens is 232 g/mol. The minimum Gasteiger partial charge on any atom is -0.481 e.